The molecule has 0 spiro atoms. The molecule has 0 bridgehead atoms. The number of benzene rings is 2. The van der Waals surface area contributed by atoms with Crippen molar-refractivity contribution in [2.75, 3.05) is 5.32 Å². The van der Waals surface area contributed by atoms with Crippen molar-refractivity contribution in [1.82, 2.24) is 5.32 Å². The van der Waals surface area contributed by atoms with Crippen molar-refractivity contribution in [2.45, 2.75) is 6.54 Å². The number of hydrogen-bond acceptors (Lipinski definition) is 5. The van der Waals surface area contributed by atoms with Gasteiger partial charge < -0.3 is 10.6 Å². The number of carbonyl (C=O) groups excluding carboxylic acids is 1. The molecular weight excluding hydrogens is 379 g/mol. The van der Waals surface area contributed by atoms with Gasteiger partial charge in [0.05, 0.1) is 15.6 Å². The van der Waals surface area contributed by atoms with Gasteiger partial charge in [0, 0.05) is 29.9 Å². The van der Waals surface area contributed by atoms with Gasteiger partial charge in [-0.1, -0.05) is 41.4 Å². The first-order valence-corrected chi connectivity index (χ1v) is 8.00. The highest BCUT2D eigenvalue weighted by Gasteiger charge is 2.12. The van der Waals surface area contributed by atoms with E-state index in [0.717, 1.165) is 6.20 Å². The minimum absolute atomic E-state index is 0.148. The molecule has 0 aliphatic carbocycles. The molecule has 2 rings (SSSR count). The number of nitrogens with zero attached hydrogens (tertiary/aromatic N) is 2. The Labute approximate surface area is 159 Å². The molecule has 0 aliphatic heterocycles. The Morgan fingerprint density at radius 3 is 2.62 bits per heavy atom. The van der Waals surface area contributed by atoms with Gasteiger partial charge in [-0.05, 0) is 17.7 Å². The summed E-state index contributed by atoms with van der Waals surface area (Å²) in [5.41, 5.74) is 0.508. The van der Waals surface area contributed by atoms with Crippen LogP contribution in [0.15, 0.2) is 54.2 Å². The summed E-state index contributed by atoms with van der Waals surface area (Å²) in [6.45, 7) is 0.148. The van der Waals surface area contributed by atoms with E-state index in [1.54, 1.807) is 30.3 Å². The minimum Gasteiger partial charge on any atom is -0.359 e. The lowest BCUT2D eigenvalue weighted by molar-refractivity contribution is -0.384. The Morgan fingerprint density at radius 1 is 1.23 bits per heavy atom. The predicted octanol–water partition coefficient (Wildman–Crippen LogP) is 4.04. The van der Waals surface area contributed by atoms with Crippen molar-refractivity contribution in [3.63, 3.8) is 0 Å². The van der Waals surface area contributed by atoms with Crippen LogP contribution < -0.4 is 10.6 Å². The van der Waals surface area contributed by atoms with Crippen LogP contribution in [0.3, 0.4) is 0 Å². The zero-order valence-corrected chi connectivity index (χ0v) is 14.7. The van der Waals surface area contributed by atoms with Gasteiger partial charge >= 0.3 is 0 Å². The van der Waals surface area contributed by atoms with Crippen LogP contribution in [0.1, 0.15) is 5.56 Å². The van der Waals surface area contributed by atoms with Crippen molar-refractivity contribution >= 4 is 40.5 Å². The normalized spacial score (nSPS) is 10.7. The fraction of sp³-hybridized carbons (Fsp3) is 0.0588. The van der Waals surface area contributed by atoms with Crippen LogP contribution >= 0.6 is 23.2 Å². The quantitative estimate of drug-likeness (QED) is 0.334. The van der Waals surface area contributed by atoms with Crippen LogP contribution in [0.5, 0.6) is 0 Å². The molecule has 0 atom stereocenters. The number of nitro benzene ring substituents is 1. The Morgan fingerprint density at radius 2 is 1.96 bits per heavy atom. The maximum Gasteiger partial charge on any atom is 0.271 e. The SMILES string of the molecule is N#C/C(=C/Nc1cc([N+](=O)[O-])ccc1Cl)C(=O)NCc1ccccc1Cl. The standard InChI is InChI=1S/C17H12Cl2N4O3/c18-14-4-2-1-3-11(14)9-22-17(24)12(8-20)10-21-16-7-13(23(25)26)5-6-15(16)19/h1-7,10,21H,9H2,(H,22,24)/b12-10-. The van der Waals surface area contributed by atoms with E-state index in [9.17, 15) is 14.9 Å². The molecule has 0 fully saturated rings. The lowest BCUT2D eigenvalue weighted by atomic mass is 10.2. The summed E-state index contributed by atoms with van der Waals surface area (Å²) in [5, 5.41) is 25.9. The smallest absolute Gasteiger partial charge is 0.271 e. The van der Waals surface area contributed by atoms with Crippen molar-refractivity contribution in [3.8, 4) is 6.07 Å². The first-order valence-electron chi connectivity index (χ1n) is 7.24. The van der Waals surface area contributed by atoms with E-state index in [-0.39, 0.29) is 28.5 Å². The number of hydrogen-bond donors (Lipinski definition) is 2. The third-order valence-electron chi connectivity index (χ3n) is 3.30. The second-order valence-corrected chi connectivity index (χ2v) is 5.82. The molecule has 0 radical (unpaired) electrons. The van der Waals surface area contributed by atoms with Crippen LogP contribution in [-0.4, -0.2) is 10.8 Å². The maximum absolute atomic E-state index is 12.1. The number of nitro groups is 1. The van der Waals surface area contributed by atoms with Gasteiger partial charge in [-0.3, -0.25) is 14.9 Å². The lowest BCUT2D eigenvalue weighted by Crippen LogP contribution is -2.24. The van der Waals surface area contributed by atoms with Crippen LogP contribution in [0, 0.1) is 21.4 Å². The molecule has 132 valence electrons. The summed E-state index contributed by atoms with van der Waals surface area (Å²) in [6.07, 6.45) is 1.13. The molecular formula is C17H12Cl2N4O3. The highest BCUT2D eigenvalue weighted by atomic mass is 35.5. The summed E-state index contributed by atoms with van der Waals surface area (Å²) in [4.78, 5) is 22.3. The number of nitriles is 1. The Hall–Kier alpha value is -3.08. The average Bonchev–Trinajstić information content (AvgIpc) is 2.62. The van der Waals surface area contributed by atoms with E-state index in [0.29, 0.717) is 10.6 Å². The van der Waals surface area contributed by atoms with Gasteiger partial charge in [0.25, 0.3) is 11.6 Å². The Kier molecular flexibility index (Phi) is 6.55. The Balaban J connectivity index is 2.09. The third-order valence-corrected chi connectivity index (χ3v) is 3.99. The maximum atomic E-state index is 12.1. The fourth-order valence-electron chi connectivity index (χ4n) is 1.95. The molecule has 9 heteroatoms. The van der Waals surface area contributed by atoms with Crippen molar-refractivity contribution in [3.05, 3.63) is 80.0 Å². The number of halogens is 2. The van der Waals surface area contributed by atoms with E-state index in [1.807, 2.05) is 0 Å². The van der Waals surface area contributed by atoms with Gasteiger partial charge in [0.2, 0.25) is 0 Å². The van der Waals surface area contributed by atoms with E-state index in [4.69, 9.17) is 28.5 Å². The molecule has 1 amide bonds. The first kappa shape index (κ1) is 19.2. The zero-order valence-electron chi connectivity index (χ0n) is 13.2. The summed E-state index contributed by atoms with van der Waals surface area (Å²) in [5.74, 6) is -0.624. The highest BCUT2D eigenvalue weighted by molar-refractivity contribution is 6.33. The molecule has 0 aromatic heterocycles. The summed E-state index contributed by atoms with van der Waals surface area (Å²) in [6, 6.07) is 12.5. The van der Waals surface area contributed by atoms with Gasteiger partial charge in [-0.2, -0.15) is 5.26 Å². The lowest BCUT2D eigenvalue weighted by Gasteiger charge is -2.07. The zero-order chi connectivity index (χ0) is 19.1. The molecule has 0 heterocycles. The summed E-state index contributed by atoms with van der Waals surface area (Å²) < 4.78 is 0. The molecule has 2 N–H and O–H groups in total. The van der Waals surface area contributed by atoms with Crippen molar-refractivity contribution in [1.29, 1.82) is 5.26 Å². The molecule has 0 unspecified atom stereocenters. The third kappa shape index (κ3) is 4.96. The molecule has 2 aromatic rings. The second kappa shape index (κ2) is 8.85. The van der Waals surface area contributed by atoms with Crippen LogP contribution in [0.4, 0.5) is 11.4 Å². The minimum atomic E-state index is -0.624. The second-order valence-electron chi connectivity index (χ2n) is 5.01. The number of rotatable bonds is 6. The average molecular weight is 391 g/mol. The molecule has 7 nitrogen and oxygen atoms in total. The fourth-order valence-corrected chi connectivity index (χ4v) is 2.32. The van der Waals surface area contributed by atoms with Gasteiger partial charge in [-0.25, -0.2) is 0 Å². The molecule has 2 aromatic carbocycles. The van der Waals surface area contributed by atoms with Gasteiger partial charge in [-0.15, -0.1) is 0 Å². The molecule has 0 saturated carbocycles. The predicted molar refractivity (Wildman–Crippen MR) is 98.7 cm³/mol. The number of non-ortho nitro benzene ring substituents is 1. The van der Waals surface area contributed by atoms with Gasteiger partial charge in [0.1, 0.15) is 11.6 Å². The summed E-state index contributed by atoms with van der Waals surface area (Å²) in [7, 11) is 0. The van der Waals surface area contributed by atoms with Crippen LogP contribution in [0.2, 0.25) is 10.0 Å². The Bertz CT molecular complexity index is 922. The molecule has 26 heavy (non-hydrogen) atoms. The number of amides is 1. The molecule has 0 saturated heterocycles. The van der Waals surface area contributed by atoms with Crippen molar-refractivity contribution < 1.29 is 9.72 Å². The topological polar surface area (TPSA) is 108 Å². The van der Waals surface area contributed by atoms with Crippen molar-refractivity contribution in [2.24, 2.45) is 0 Å². The number of carbonyl (C=O) groups is 1. The van der Waals surface area contributed by atoms with E-state index in [2.05, 4.69) is 10.6 Å². The van der Waals surface area contributed by atoms with Crippen LogP contribution in [0.25, 0.3) is 0 Å². The number of anilines is 1. The van der Waals surface area contributed by atoms with E-state index in [1.165, 1.54) is 18.2 Å². The van der Waals surface area contributed by atoms with E-state index >= 15 is 0 Å². The molecule has 0 aliphatic rings. The monoisotopic (exact) mass is 390 g/mol. The highest BCUT2D eigenvalue weighted by Crippen LogP contribution is 2.26. The summed E-state index contributed by atoms with van der Waals surface area (Å²) >= 11 is 12.0. The largest absolute Gasteiger partial charge is 0.359 e. The van der Waals surface area contributed by atoms with Gasteiger partial charge in [0.15, 0.2) is 0 Å². The van der Waals surface area contributed by atoms with E-state index < -0.39 is 10.8 Å². The van der Waals surface area contributed by atoms with Crippen LogP contribution in [-0.2, 0) is 11.3 Å². The first-order chi connectivity index (χ1) is 12.4. The number of nitrogens with one attached hydrogen (secondary N) is 2.